The summed E-state index contributed by atoms with van der Waals surface area (Å²) in [6, 6.07) is 8.08. The molecule has 0 spiro atoms. The van der Waals surface area contributed by atoms with Gasteiger partial charge in [-0.25, -0.2) is 0 Å². The van der Waals surface area contributed by atoms with Crippen molar-refractivity contribution in [3.63, 3.8) is 0 Å². The van der Waals surface area contributed by atoms with Crippen LogP contribution in [0.25, 0.3) is 0 Å². The van der Waals surface area contributed by atoms with Crippen molar-refractivity contribution in [2.75, 3.05) is 7.11 Å². The molecule has 0 bridgehead atoms. The molecule has 0 aliphatic rings. The minimum atomic E-state index is 0.297. The van der Waals surface area contributed by atoms with Crippen molar-refractivity contribution in [3.8, 4) is 5.75 Å². The van der Waals surface area contributed by atoms with E-state index in [1.165, 1.54) is 29.3 Å². The van der Waals surface area contributed by atoms with Crippen LogP contribution in [0.1, 0.15) is 51.5 Å². The molecule has 0 amide bonds. The second kappa shape index (κ2) is 10.9. The fourth-order valence-corrected chi connectivity index (χ4v) is 2.31. The first-order valence-electron chi connectivity index (χ1n) is 7.72. The number of benzene rings is 1. The molecule has 0 heterocycles. The third-order valence-corrected chi connectivity index (χ3v) is 3.76. The van der Waals surface area contributed by atoms with Crippen LogP contribution in [0.2, 0.25) is 0 Å². The first-order chi connectivity index (χ1) is 10.2. The fraction of sp³-hybridized carbons (Fsp3) is 0.556. The van der Waals surface area contributed by atoms with Gasteiger partial charge in [-0.05, 0) is 41.9 Å². The van der Waals surface area contributed by atoms with E-state index in [1.807, 2.05) is 12.1 Å². The van der Waals surface area contributed by atoms with Gasteiger partial charge in [0.2, 0.25) is 0 Å². The van der Waals surface area contributed by atoms with Crippen LogP contribution in [-0.4, -0.2) is 13.2 Å². The summed E-state index contributed by atoms with van der Waals surface area (Å²) in [5, 5.41) is 0. The highest BCUT2D eigenvalue weighted by Crippen LogP contribution is 2.17. The van der Waals surface area contributed by atoms with Crippen molar-refractivity contribution in [1.82, 2.24) is 0 Å². The van der Waals surface area contributed by atoms with Crippen molar-refractivity contribution in [3.05, 3.63) is 40.4 Å². The Hall–Kier alpha value is -0.800. The topological polar surface area (TPSA) is 18.5 Å². The lowest BCUT2D eigenvalue weighted by atomic mass is 10.1. The van der Waals surface area contributed by atoms with Crippen LogP contribution in [0.5, 0.6) is 5.75 Å². The standard InChI is InChI=1S/C18H27BrO2/c1-4-5-6-7-18(11-8-15(2)19)21-14-16-9-12-17(20-3)13-10-16/h8-10,12-13,18H,4-7,11,14H2,1-3H3/b15-8+/t18-/m1/s1. The van der Waals surface area contributed by atoms with Crippen LogP contribution < -0.4 is 4.74 Å². The third kappa shape index (κ3) is 8.27. The molecule has 1 atom stereocenters. The molecule has 0 unspecified atom stereocenters. The van der Waals surface area contributed by atoms with Gasteiger partial charge in [-0.1, -0.05) is 60.3 Å². The highest BCUT2D eigenvalue weighted by molar-refractivity contribution is 9.11. The summed E-state index contributed by atoms with van der Waals surface area (Å²) < 4.78 is 12.4. The quantitative estimate of drug-likeness (QED) is 0.490. The minimum absolute atomic E-state index is 0.297. The molecule has 0 saturated carbocycles. The Balaban J connectivity index is 2.47. The predicted molar refractivity (Wildman–Crippen MR) is 93.0 cm³/mol. The first-order valence-corrected chi connectivity index (χ1v) is 8.51. The number of rotatable bonds is 10. The highest BCUT2D eigenvalue weighted by atomic mass is 79.9. The smallest absolute Gasteiger partial charge is 0.118 e. The molecule has 2 nitrogen and oxygen atoms in total. The van der Waals surface area contributed by atoms with Gasteiger partial charge < -0.3 is 9.47 Å². The average molecular weight is 355 g/mol. The number of ether oxygens (including phenoxy) is 2. The Morgan fingerprint density at radius 2 is 1.95 bits per heavy atom. The van der Waals surface area contributed by atoms with Crippen molar-refractivity contribution < 1.29 is 9.47 Å². The monoisotopic (exact) mass is 354 g/mol. The summed E-state index contributed by atoms with van der Waals surface area (Å²) in [7, 11) is 1.68. The first kappa shape index (κ1) is 18.2. The summed E-state index contributed by atoms with van der Waals surface area (Å²) in [5.74, 6) is 0.885. The summed E-state index contributed by atoms with van der Waals surface area (Å²) in [4.78, 5) is 0. The summed E-state index contributed by atoms with van der Waals surface area (Å²) >= 11 is 3.49. The highest BCUT2D eigenvalue weighted by Gasteiger charge is 2.08. The van der Waals surface area contributed by atoms with E-state index in [4.69, 9.17) is 9.47 Å². The van der Waals surface area contributed by atoms with Crippen LogP contribution in [-0.2, 0) is 11.3 Å². The van der Waals surface area contributed by atoms with Crippen molar-refractivity contribution in [2.45, 2.75) is 58.7 Å². The van der Waals surface area contributed by atoms with Crippen LogP contribution in [0, 0.1) is 0 Å². The van der Waals surface area contributed by atoms with Gasteiger partial charge in [0.15, 0.2) is 0 Å². The van der Waals surface area contributed by atoms with E-state index in [0.717, 1.165) is 18.6 Å². The molecule has 0 aliphatic heterocycles. The lowest BCUT2D eigenvalue weighted by Crippen LogP contribution is -2.12. The van der Waals surface area contributed by atoms with E-state index in [9.17, 15) is 0 Å². The Morgan fingerprint density at radius 1 is 1.24 bits per heavy atom. The number of allylic oxidation sites excluding steroid dienone is 1. The zero-order valence-electron chi connectivity index (χ0n) is 13.4. The average Bonchev–Trinajstić information content (AvgIpc) is 2.50. The fourth-order valence-electron chi connectivity index (χ4n) is 2.12. The van der Waals surface area contributed by atoms with Gasteiger partial charge in [0.1, 0.15) is 5.75 Å². The van der Waals surface area contributed by atoms with Gasteiger partial charge in [0.25, 0.3) is 0 Å². The number of methoxy groups -OCH3 is 1. The lowest BCUT2D eigenvalue weighted by molar-refractivity contribution is 0.0353. The molecule has 1 rings (SSSR count). The molecule has 1 aromatic rings. The molecule has 0 aromatic heterocycles. The lowest BCUT2D eigenvalue weighted by Gasteiger charge is -2.17. The Bertz CT molecular complexity index is 408. The number of hydrogen-bond donors (Lipinski definition) is 0. The predicted octanol–water partition coefficient (Wildman–Crippen LogP) is 5.85. The third-order valence-electron chi connectivity index (χ3n) is 3.44. The number of hydrogen-bond acceptors (Lipinski definition) is 2. The number of halogens is 1. The Kier molecular flexibility index (Phi) is 9.44. The molecule has 0 aliphatic carbocycles. The molecule has 118 valence electrons. The van der Waals surface area contributed by atoms with Crippen LogP contribution in [0.15, 0.2) is 34.8 Å². The number of unbranched alkanes of at least 4 members (excludes halogenated alkanes) is 2. The minimum Gasteiger partial charge on any atom is -0.497 e. The molecule has 0 saturated heterocycles. The maximum atomic E-state index is 6.09. The van der Waals surface area contributed by atoms with Crippen molar-refractivity contribution >= 4 is 15.9 Å². The second-order valence-corrected chi connectivity index (χ2v) is 6.55. The van der Waals surface area contributed by atoms with E-state index in [1.54, 1.807) is 7.11 Å². The Labute approximate surface area is 137 Å². The maximum Gasteiger partial charge on any atom is 0.118 e. The van der Waals surface area contributed by atoms with Gasteiger partial charge in [-0.15, -0.1) is 0 Å². The van der Waals surface area contributed by atoms with Crippen LogP contribution in [0.3, 0.4) is 0 Å². The zero-order valence-corrected chi connectivity index (χ0v) is 15.0. The summed E-state index contributed by atoms with van der Waals surface area (Å²) in [5.41, 5.74) is 1.19. The van der Waals surface area contributed by atoms with E-state index in [0.29, 0.717) is 12.7 Å². The van der Waals surface area contributed by atoms with Crippen LogP contribution >= 0.6 is 15.9 Å². The molecule has 21 heavy (non-hydrogen) atoms. The Morgan fingerprint density at radius 3 is 2.52 bits per heavy atom. The summed E-state index contributed by atoms with van der Waals surface area (Å²) in [6.07, 6.45) is 8.35. The van der Waals surface area contributed by atoms with Crippen molar-refractivity contribution in [2.24, 2.45) is 0 Å². The molecular weight excluding hydrogens is 328 g/mol. The van der Waals surface area contributed by atoms with E-state index < -0.39 is 0 Å². The largest absolute Gasteiger partial charge is 0.497 e. The maximum absolute atomic E-state index is 6.09. The zero-order chi connectivity index (χ0) is 15.5. The molecule has 3 heteroatoms. The van der Waals surface area contributed by atoms with E-state index in [-0.39, 0.29) is 0 Å². The van der Waals surface area contributed by atoms with Gasteiger partial charge in [-0.2, -0.15) is 0 Å². The molecule has 1 aromatic carbocycles. The molecule has 0 fully saturated rings. The van der Waals surface area contributed by atoms with E-state index >= 15 is 0 Å². The molecule has 0 N–H and O–H groups in total. The normalized spacial score (nSPS) is 13.2. The second-order valence-electron chi connectivity index (χ2n) is 5.30. The van der Waals surface area contributed by atoms with Gasteiger partial charge in [0.05, 0.1) is 19.8 Å². The molecular formula is C18H27BrO2. The SMILES string of the molecule is CCCCC[C@H](C/C=C(\C)Br)OCc1ccc(OC)cc1. The van der Waals surface area contributed by atoms with Gasteiger partial charge in [0, 0.05) is 0 Å². The van der Waals surface area contributed by atoms with E-state index in [2.05, 4.69) is 48.0 Å². The van der Waals surface area contributed by atoms with Gasteiger partial charge in [-0.3, -0.25) is 0 Å². The van der Waals surface area contributed by atoms with Crippen molar-refractivity contribution in [1.29, 1.82) is 0 Å². The molecule has 0 radical (unpaired) electrons. The summed E-state index contributed by atoms with van der Waals surface area (Å²) in [6.45, 7) is 4.96. The van der Waals surface area contributed by atoms with Crippen LogP contribution in [0.4, 0.5) is 0 Å². The van der Waals surface area contributed by atoms with Gasteiger partial charge >= 0.3 is 0 Å².